The van der Waals surface area contributed by atoms with E-state index in [1.165, 1.54) is 6.07 Å². The summed E-state index contributed by atoms with van der Waals surface area (Å²) in [6.45, 7) is 0.658. The summed E-state index contributed by atoms with van der Waals surface area (Å²) in [6, 6.07) is 1.52. The molecule has 0 spiro atoms. The van der Waals surface area contributed by atoms with Crippen molar-refractivity contribution in [3.63, 3.8) is 0 Å². The van der Waals surface area contributed by atoms with Crippen LogP contribution in [-0.2, 0) is 23.9 Å². The number of hydrogen-bond acceptors (Lipinski definition) is 7. The maximum Gasteiger partial charge on any atom is 0.326 e. The number of rotatable bonds is 5. The Morgan fingerprint density at radius 2 is 1.92 bits per heavy atom. The molecule has 26 heavy (non-hydrogen) atoms. The summed E-state index contributed by atoms with van der Waals surface area (Å²) < 4.78 is 9.66. The number of nitrogens with zero attached hydrogens (tertiary/aromatic N) is 2. The Bertz CT molecular complexity index is 798. The van der Waals surface area contributed by atoms with Crippen molar-refractivity contribution in [3.8, 4) is 0 Å². The summed E-state index contributed by atoms with van der Waals surface area (Å²) in [5, 5.41) is 5.99. The van der Waals surface area contributed by atoms with E-state index in [0.29, 0.717) is 5.76 Å². The molecular weight excluding hydrogens is 342 g/mol. The number of carbonyl (C=O) groups excluding carboxylic acids is 4. The van der Waals surface area contributed by atoms with Gasteiger partial charge in [0.1, 0.15) is 12.3 Å². The van der Waals surface area contributed by atoms with Gasteiger partial charge in [0.2, 0.25) is 11.8 Å². The Hall–Kier alpha value is -2.97. The average molecular weight is 359 g/mol. The van der Waals surface area contributed by atoms with Crippen molar-refractivity contribution in [2.24, 2.45) is 23.7 Å². The lowest BCUT2D eigenvalue weighted by molar-refractivity contribution is -0.154. The average Bonchev–Trinajstić information content (AvgIpc) is 3.35. The fraction of sp³-hybridized carbons (Fsp3) is 0.471. The van der Waals surface area contributed by atoms with E-state index in [2.05, 4.69) is 10.5 Å². The van der Waals surface area contributed by atoms with Gasteiger partial charge in [0, 0.05) is 6.07 Å². The van der Waals surface area contributed by atoms with Gasteiger partial charge < -0.3 is 14.6 Å². The van der Waals surface area contributed by atoms with Crippen LogP contribution < -0.4 is 5.32 Å². The molecule has 9 nitrogen and oxygen atoms in total. The van der Waals surface area contributed by atoms with Crippen LogP contribution in [0.15, 0.2) is 22.7 Å². The molecule has 2 heterocycles. The van der Waals surface area contributed by atoms with Crippen LogP contribution in [0.5, 0.6) is 0 Å². The van der Waals surface area contributed by atoms with Crippen LogP contribution in [0.1, 0.15) is 12.2 Å². The number of allylic oxidation sites excluding steroid dienone is 2. The van der Waals surface area contributed by atoms with Gasteiger partial charge in [-0.15, -0.1) is 0 Å². The number of ether oxygens (including phenoxy) is 1. The number of carbonyl (C=O) groups is 4. The van der Waals surface area contributed by atoms with Gasteiger partial charge in [-0.3, -0.25) is 24.1 Å². The molecule has 4 rings (SSSR count). The smallest absolute Gasteiger partial charge is 0.326 e. The topological polar surface area (TPSA) is 119 Å². The fourth-order valence-corrected chi connectivity index (χ4v) is 4.04. The van der Waals surface area contributed by atoms with Crippen molar-refractivity contribution in [2.75, 3.05) is 18.5 Å². The second-order valence-corrected chi connectivity index (χ2v) is 6.79. The number of imide groups is 1. The minimum atomic E-state index is -0.807. The van der Waals surface area contributed by atoms with Crippen LogP contribution >= 0.6 is 0 Å². The van der Waals surface area contributed by atoms with Crippen molar-refractivity contribution in [2.45, 2.75) is 13.3 Å². The Morgan fingerprint density at radius 3 is 2.50 bits per heavy atom. The molecule has 1 saturated carbocycles. The number of hydrogen-bond donors (Lipinski definition) is 1. The van der Waals surface area contributed by atoms with E-state index in [0.717, 1.165) is 11.3 Å². The SMILES string of the molecule is Cc1cc(NC(=O)COC(=O)CN2C(=O)[C@@H]3[C@@H](C2=O)[C@H]2C=C[C@H]3C2)no1. The summed E-state index contributed by atoms with van der Waals surface area (Å²) in [6.07, 6.45) is 4.79. The normalized spacial score (nSPS) is 28.6. The molecule has 2 bridgehead atoms. The van der Waals surface area contributed by atoms with Gasteiger partial charge in [-0.25, -0.2) is 0 Å². The molecule has 2 fully saturated rings. The van der Waals surface area contributed by atoms with Crippen LogP contribution in [0.4, 0.5) is 5.82 Å². The quantitative estimate of drug-likeness (QED) is 0.455. The number of amides is 3. The first-order valence-corrected chi connectivity index (χ1v) is 8.36. The minimum absolute atomic E-state index is 0.0826. The van der Waals surface area contributed by atoms with Crippen LogP contribution in [0.3, 0.4) is 0 Å². The molecule has 9 heteroatoms. The molecule has 1 N–H and O–H groups in total. The van der Waals surface area contributed by atoms with Crippen molar-refractivity contribution in [1.82, 2.24) is 10.1 Å². The molecule has 4 atom stereocenters. The van der Waals surface area contributed by atoms with Crippen LogP contribution in [-0.4, -0.2) is 46.9 Å². The van der Waals surface area contributed by atoms with E-state index in [4.69, 9.17) is 9.26 Å². The molecule has 1 aliphatic heterocycles. The first kappa shape index (κ1) is 16.5. The van der Waals surface area contributed by atoms with E-state index in [1.54, 1.807) is 6.92 Å². The van der Waals surface area contributed by atoms with Crippen LogP contribution in [0.25, 0.3) is 0 Å². The third-order valence-electron chi connectivity index (χ3n) is 5.11. The fourth-order valence-electron chi connectivity index (χ4n) is 4.04. The number of nitrogens with one attached hydrogen (secondary N) is 1. The van der Waals surface area contributed by atoms with Gasteiger partial charge in [-0.1, -0.05) is 17.3 Å². The summed E-state index contributed by atoms with van der Waals surface area (Å²) in [4.78, 5) is 49.6. The van der Waals surface area contributed by atoms with E-state index in [-0.39, 0.29) is 41.3 Å². The van der Waals surface area contributed by atoms with Crippen molar-refractivity contribution < 1.29 is 28.4 Å². The predicted octanol–water partition coefficient (Wildman–Crippen LogP) is 0.272. The lowest BCUT2D eigenvalue weighted by Gasteiger charge is -2.16. The summed E-state index contributed by atoms with van der Waals surface area (Å²) in [7, 11) is 0. The predicted molar refractivity (Wildman–Crippen MR) is 85.3 cm³/mol. The number of aromatic nitrogens is 1. The third kappa shape index (κ3) is 2.69. The highest BCUT2D eigenvalue weighted by Crippen LogP contribution is 2.52. The Kier molecular flexibility index (Phi) is 3.86. The summed E-state index contributed by atoms with van der Waals surface area (Å²) >= 11 is 0. The van der Waals surface area contributed by atoms with Crippen molar-refractivity contribution >= 4 is 29.5 Å². The molecule has 0 unspecified atom stereocenters. The Balaban J connectivity index is 1.29. The number of anilines is 1. The standard InChI is InChI=1S/C17H17N3O6/c1-8-4-11(19-26-8)18-12(21)7-25-13(22)6-20-16(23)14-9-2-3-10(5-9)15(14)17(20)24/h2-4,9-10,14-15H,5-7H2,1H3,(H,18,19,21)/t9-,10-,14-,15-/m0/s1. The second-order valence-electron chi connectivity index (χ2n) is 6.79. The Labute approximate surface area is 148 Å². The van der Waals surface area contributed by atoms with Crippen molar-refractivity contribution in [3.05, 3.63) is 24.0 Å². The number of aryl methyl sites for hydroxylation is 1. The maximum absolute atomic E-state index is 12.5. The van der Waals surface area contributed by atoms with E-state index >= 15 is 0 Å². The molecule has 2 aliphatic carbocycles. The number of likely N-dealkylation sites (tertiary alicyclic amines) is 1. The minimum Gasteiger partial charge on any atom is -0.454 e. The molecule has 136 valence electrons. The zero-order valence-corrected chi connectivity index (χ0v) is 14.0. The van der Waals surface area contributed by atoms with Gasteiger partial charge >= 0.3 is 5.97 Å². The molecule has 0 radical (unpaired) electrons. The molecule has 3 aliphatic rings. The summed E-state index contributed by atoms with van der Waals surface area (Å²) in [5.41, 5.74) is 0. The number of esters is 1. The van der Waals surface area contributed by atoms with E-state index in [9.17, 15) is 19.2 Å². The van der Waals surface area contributed by atoms with Gasteiger partial charge in [0.05, 0.1) is 11.8 Å². The molecular formula is C17H17N3O6. The van der Waals surface area contributed by atoms with Crippen molar-refractivity contribution in [1.29, 1.82) is 0 Å². The lowest BCUT2D eigenvalue weighted by Crippen LogP contribution is -2.38. The van der Waals surface area contributed by atoms with E-state index in [1.807, 2.05) is 12.2 Å². The van der Waals surface area contributed by atoms with E-state index < -0.39 is 25.0 Å². The van der Waals surface area contributed by atoms with Gasteiger partial charge in [0.25, 0.3) is 5.91 Å². The van der Waals surface area contributed by atoms with Gasteiger partial charge in [-0.2, -0.15) is 0 Å². The highest BCUT2D eigenvalue weighted by molar-refractivity contribution is 6.08. The lowest BCUT2D eigenvalue weighted by atomic mass is 9.85. The first-order valence-electron chi connectivity index (χ1n) is 8.36. The van der Waals surface area contributed by atoms with Crippen LogP contribution in [0.2, 0.25) is 0 Å². The monoisotopic (exact) mass is 359 g/mol. The molecule has 1 aromatic rings. The maximum atomic E-state index is 12.5. The Morgan fingerprint density at radius 1 is 1.27 bits per heavy atom. The second kappa shape index (κ2) is 6.08. The number of fused-ring (bicyclic) bond motifs is 5. The van der Waals surface area contributed by atoms with Gasteiger partial charge in [-0.05, 0) is 25.2 Å². The molecule has 0 aromatic carbocycles. The highest BCUT2D eigenvalue weighted by atomic mass is 16.5. The third-order valence-corrected chi connectivity index (χ3v) is 5.11. The molecule has 1 saturated heterocycles. The highest BCUT2D eigenvalue weighted by Gasteiger charge is 2.59. The molecule has 3 amide bonds. The summed E-state index contributed by atoms with van der Waals surface area (Å²) in [5.74, 6) is -1.86. The zero-order valence-electron chi connectivity index (χ0n) is 14.0. The first-order chi connectivity index (χ1) is 12.4. The molecule has 1 aromatic heterocycles. The van der Waals surface area contributed by atoms with Gasteiger partial charge in [0.15, 0.2) is 12.4 Å². The largest absolute Gasteiger partial charge is 0.454 e. The van der Waals surface area contributed by atoms with Crippen LogP contribution in [0, 0.1) is 30.6 Å². The zero-order chi connectivity index (χ0) is 18.4.